The Morgan fingerprint density at radius 2 is 1.94 bits per heavy atom. The first-order valence-electron chi connectivity index (χ1n) is 4.76. The van der Waals surface area contributed by atoms with Crippen LogP contribution in [-0.2, 0) is 9.53 Å². The zero-order valence-corrected chi connectivity index (χ0v) is 9.56. The third kappa shape index (κ3) is 3.37. The largest absolute Gasteiger partial charge is 0.497 e. The monoisotopic (exact) mass is 239 g/mol. The fourth-order valence-electron chi connectivity index (χ4n) is 1.18. The first-order chi connectivity index (χ1) is 8.08. The van der Waals surface area contributed by atoms with Crippen LogP contribution in [-0.4, -0.2) is 32.7 Å². The zero-order valence-electron chi connectivity index (χ0n) is 9.56. The molecule has 1 rings (SSSR count). The van der Waals surface area contributed by atoms with Gasteiger partial charge in [0.25, 0.3) is 5.91 Å². The van der Waals surface area contributed by atoms with Crippen LogP contribution in [0.2, 0.25) is 0 Å². The molecule has 6 nitrogen and oxygen atoms in total. The molecule has 0 radical (unpaired) electrons. The second-order valence-electron chi connectivity index (χ2n) is 3.11. The van der Waals surface area contributed by atoms with E-state index in [4.69, 9.17) is 15.2 Å². The molecule has 92 valence electrons. The number of benzene rings is 1. The fourth-order valence-corrected chi connectivity index (χ4v) is 1.18. The number of carbonyl (C=O) groups is 2. The van der Waals surface area contributed by atoms with Crippen LogP contribution in [0.4, 0.5) is 0 Å². The average Bonchev–Trinajstić information content (AvgIpc) is 2.34. The Balaban J connectivity index is 2.89. The number of amides is 1. The molecule has 1 aromatic carbocycles. The standard InChI is InChI=1S/C11H13NO5/c1-15-7-3-4-8(9(5-7)16-2)11(14)17-6-10(12)13/h3-5H,6H2,1-2H3,(H2,12,13). The molecular formula is C11H13NO5. The lowest BCUT2D eigenvalue weighted by atomic mass is 10.2. The minimum absolute atomic E-state index is 0.203. The van der Waals surface area contributed by atoms with Crippen molar-refractivity contribution in [1.29, 1.82) is 0 Å². The number of methoxy groups -OCH3 is 2. The number of hydrogen-bond acceptors (Lipinski definition) is 5. The molecule has 0 bridgehead atoms. The van der Waals surface area contributed by atoms with E-state index in [2.05, 4.69) is 4.74 Å². The molecule has 1 amide bonds. The van der Waals surface area contributed by atoms with Gasteiger partial charge in [-0.3, -0.25) is 4.79 Å². The molecule has 0 saturated heterocycles. The summed E-state index contributed by atoms with van der Waals surface area (Å²) < 4.78 is 14.7. The lowest BCUT2D eigenvalue weighted by Crippen LogP contribution is -2.21. The minimum Gasteiger partial charge on any atom is -0.497 e. The van der Waals surface area contributed by atoms with Crippen LogP contribution in [0, 0.1) is 0 Å². The maximum Gasteiger partial charge on any atom is 0.342 e. The Morgan fingerprint density at radius 3 is 2.47 bits per heavy atom. The third-order valence-electron chi connectivity index (χ3n) is 1.97. The van der Waals surface area contributed by atoms with Crippen LogP contribution in [0.25, 0.3) is 0 Å². The molecule has 0 aliphatic carbocycles. The SMILES string of the molecule is COc1ccc(C(=O)OCC(N)=O)c(OC)c1. The number of esters is 1. The van der Waals surface area contributed by atoms with E-state index in [1.165, 1.54) is 20.3 Å². The van der Waals surface area contributed by atoms with Crippen molar-refractivity contribution in [1.82, 2.24) is 0 Å². The predicted molar refractivity (Wildman–Crippen MR) is 59.0 cm³/mol. The van der Waals surface area contributed by atoms with Crippen molar-refractivity contribution in [2.75, 3.05) is 20.8 Å². The van der Waals surface area contributed by atoms with E-state index in [0.717, 1.165) is 0 Å². The van der Waals surface area contributed by atoms with Gasteiger partial charge in [0.2, 0.25) is 0 Å². The van der Waals surface area contributed by atoms with Crippen LogP contribution in [0.1, 0.15) is 10.4 Å². The lowest BCUT2D eigenvalue weighted by molar-refractivity contribution is -0.121. The Morgan fingerprint density at radius 1 is 1.24 bits per heavy atom. The molecule has 0 heterocycles. The molecule has 0 unspecified atom stereocenters. The topological polar surface area (TPSA) is 87.9 Å². The van der Waals surface area contributed by atoms with Gasteiger partial charge in [0.15, 0.2) is 6.61 Å². The number of carbonyl (C=O) groups excluding carboxylic acids is 2. The zero-order chi connectivity index (χ0) is 12.8. The Kier molecular flexibility index (Phi) is 4.33. The van der Waals surface area contributed by atoms with Crippen molar-refractivity contribution >= 4 is 11.9 Å². The van der Waals surface area contributed by atoms with Gasteiger partial charge in [0.1, 0.15) is 17.1 Å². The van der Waals surface area contributed by atoms with Crippen molar-refractivity contribution in [3.05, 3.63) is 23.8 Å². The average molecular weight is 239 g/mol. The van der Waals surface area contributed by atoms with Gasteiger partial charge in [-0.25, -0.2) is 4.79 Å². The molecule has 0 aromatic heterocycles. The van der Waals surface area contributed by atoms with E-state index in [9.17, 15) is 9.59 Å². The summed E-state index contributed by atoms with van der Waals surface area (Å²) in [4.78, 5) is 22.1. The summed E-state index contributed by atoms with van der Waals surface area (Å²) in [6, 6.07) is 4.62. The molecule has 2 N–H and O–H groups in total. The molecular weight excluding hydrogens is 226 g/mol. The van der Waals surface area contributed by atoms with E-state index in [1.54, 1.807) is 12.1 Å². The van der Waals surface area contributed by atoms with E-state index in [1.807, 2.05) is 0 Å². The Labute approximate surface area is 98.3 Å². The highest BCUT2D eigenvalue weighted by Crippen LogP contribution is 2.25. The minimum atomic E-state index is -0.717. The van der Waals surface area contributed by atoms with Gasteiger partial charge in [-0.2, -0.15) is 0 Å². The summed E-state index contributed by atoms with van der Waals surface area (Å²) in [5.41, 5.74) is 5.07. The molecule has 0 aliphatic rings. The first kappa shape index (κ1) is 12.8. The van der Waals surface area contributed by atoms with E-state index in [-0.39, 0.29) is 5.56 Å². The highest BCUT2D eigenvalue weighted by Gasteiger charge is 2.15. The Bertz CT molecular complexity index is 430. The Hall–Kier alpha value is -2.24. The molecule has 1 aromatic rings. The van der Waals surface area contributed by atoms with E-state index in [0.29, 0.717) is 11.5 Å². The molecule has 0 fully saturated rings. The van der Waals surface area contributed by atoms with Crippen LogP contribution in [0.3, 0.4) is 0 Å². The summed E-state index contributed by atoms with van der Waals surface area (Å²) in [6.45, 7) is -0.464. The number of nitrogens with two attached hydrogens (primary N) is 1. The van der Waals surface area contributed by atoms with Crippen molar-refractivity contribution in [2.24, 2.45) is 5.73 Å². The quantitative estimate of drug-likeness (QED) is 0.749. The summed E-state index contributed by atoms with van der Waals surface area (Å²) in [5.74, 6) is -0.541. The predicted octanol–water partition coefficient (Wildman–Crippen LogP) is 0.346. The smallest absolute Gasteiger partial charge is 0.342 e. The van der Waals surface area contributed by atoms with Gasteiger partial charge in [0.05, 0.1) is 14.2 Å². The summed E-state index contributed by atoms with van der Waals surface area (Å²) >= 11 is 0. The normalized spacial score (nSPS) is 9.53. The molecule has 6 heteroatoms. The number of ether oxygens (including phenoxy) is 3. The number of hydrogen-bond donors (Lipinski definition) is 1. The molecule has 0 spiro atoms. The second-order valence-corrected chi connectivity index (χ2v) is 3.11. The molecule has 0 atom stereocenters. The van der Waals surface area contributed by atoms with Crippen molar-refractivity contribution in [2.45, 2.75) is 0 Å². The van der Waals surface area contributed by atoms with E-state index >= 15 is 0 Å². The van der Waals surface area contributed by atoms with Crippen LogP contribution >= 0.6 is 0 Å². The molecule has 17 heavy (non-hydrogen) atoms. The number of primary amides is 1. The van der Waals surface area contributed by atoms with Crippen molar-refractivity contribution < 1.29 is 23.8 Å². The fraction of sp³-hybridized carbons (Fsp3) is 0.273. The van der Waals surface area contributed by atoms with Gasteiger partial charge < -0.3 is 19.9 Å². The van der Waals surface area contributed by atoms with E-state index < -0.39 is 18.5 Å². The van der Waals surface area contributed by atoms with Crippen LogP contribution in [0.5, 0.6) is 11.5 Å². The highest BCUT2D eigenvalue weighted by atomic mass is 16.5. The van der Waals surface area contributed by atoms with Gasteiger partial charge in [-0.1, -0.05) is 0 Å². The van der Waals surface area contributed by atoms with Crippen LogP contribution in [0.15, 0.2) is 18.2 Å². The number of rotatable bonds is 5. The second kappa shape index (κ2) is 5.74. The van der Waals surface area contributed by atoms with Crippen molar-refractivity contribution in [3.63, 3.8) is 0 Å². The van der Waals surface area contributed by atoms with Crippen LogP contribution < -0.4 is 15.2 Å². The molecule has 0 aliphatic heterocycles. The van der Waals surface area contributed by atoms with Gasteiger partial charge in [-0.15, -0.1) is 0 Å². The maximum atomic E-state index is 11.6. The van der Waals surface area contributed by atoms with Gasteiger partial charge in [0, 0.05) is 6.07 Å². The summed E-state index contributed by atoms with van der Waals surface area (Å²) in [6.07, 6.45) is 0. The van der Waals surface area contributed by atoms with Gasteiger partial charge >= 0.3 is 5.97 Å². The molecule has 0 saturated carbocycles. The maximum absolute atomic E-state index is 11.6. The lowest BCUT2D eigenvalue weighted by Gasteiger charge is -2.09. The van der Waals surface area contributed by atoms with Crippen molar-refractivity contribution in [3.8, 4) is 11.5 Å². The first-order valence-corrected chi connectivity index (χ1v) is 4.76. The highest BCUT2D eigenvalue weighted by molar-refractivity contribution is 5.94. The summed E-state index contributed by atoms with van der Waals surface area (Å²) in [7, 11) is 2.92. The third-order valence-corrected chi connectivity index (χ3v) is 1.97. The van der Waals surface area contributed by atoms with Gasteiger partial charge in [-0.05, 0) is 12.1 Å². The summed E-state index contributed by atoms with van der Waals surface area (Å²) in [5, 5.41) is 0.